The van der Waals surface area contributed by atoms with Crippen molar-refractivity contribution in [2.45, 2.75) is 45.4 Å². The van der Waals surface area contributed by atoms with Gasteiger partial charge in [-0.05, 0) is 39.3 Å². The zero-order chi connectivity index (χ0) is 13.9. The minimum absolute atomic E-state index is 0.538. The highest BCUT2D eigenvalue weighted by molar-refractivity contribution is 5.77. The van der Waals surface area contributed by atoms with Crippen molar-refractivity contribution in [2.75, 3.05) is 0 Å². The predicted molar refractivity (Wildman–Crippen MR) is 67.8 cm³/mol. The van der Waals surface area contributed by atoms with Gasteiger partial charge in [0, 0.05) is 18.0 Å². The van der Waals surface area contributed by atoms with Gasteiger partial charge in [0.2, 0.25) is 0 Å². The molecule has 0 spiro atoms. The molecule has 0 aromatic carbocycles. The van der Waals surface area contributed by atoms with Gasteiger partial charge in [0.05, 0.1) is 0 Å². The standard InChI is InChI=1S/C13H20N2O3/c1-8-5-6-15-7-9(8)11(16)10(14)12(17)18-13(2,3)4/h5-7,10-11,16H,14H2,1-4H3/t10-,11-/m1/s1. The van der Waals surface area contributed by atoms with Gasteiger partial charge in [-0.1, -0.05) is 0 Å². The van der Waals surface area contributed by atoms with Crippen molar-refractivity contribution in [1.29, 1.82) is 0 Å². The third-order valence-electron chi connectivity index (χ3n) is 2.42. The number of hydrogen-bond acceptors (Lipinski definition) is 5. The number of carbonyl (C=O) groups is 1. The highest BCUT2D eigenvalue weighted by atomic mass is 16.6. The third kappa shape index (κ3) is 3.78. The molecular formula is C13H20N2O3. The van der Waals surface area contributed by atoms with E-state index >= 15 is 0 Å². The quantitative estimate of drug-likeness (QED) is 0.787. The van der Waals surface area contributed by atoms with E-state index in [2.05, 4.69) is 4.98 Å². The first-order valence-electron chi connectivity index (χ1n) is 5.79. The van der Waals surface area contributed by atoms with E-state index in [1.807, 2.05) is 6.92 Å². The van der Waals surface area contributed by atoms with Crippen LogP contribution in [-0.2, 0) is 9.53 Å². The maximum Gasteiger partial charge on any atom is 0.326 e. The second-order valence-corrected chi connectivity index (χ2v) is 5.24. The van der Waals surface area contributed by atoms with E-state index < -0.39 is 23.7 Å². The van der Waals surface area contributed by atoms with Gasteiger partial charge in [0.15, 0.2) is 0 Å². The van der Waals surface area contributed by atoms with Gasteiger partial charge >= 0.3 is 5.97 Å². The topological polar surface area (TPSA) is 85.4 Å². The van der Waals surface area contributed by atoms with Crippen LogP contribution in [0.2, 0.25) is 0 Å². The molecule has 5 nitrogen and oxygen atoms in total. The lowest BCUT2D eigenvalue weighted by molar-refractivity contribution is -0.159. The Kier molecular flexibility index (Phi) is 4.43. The monoisotopic (exact) mass is 252 g/mol. The highest BCUT2D eigenvalue weighted by Gasteiger charge is 2.29. The summed E-state index contributed by atoms with van der Waals surface area (Å²) in [5.41, 5.74) is 6.46. The van der Waals surface area contributed by atoms with E-state index in [0.717, 1.165) is 5.56 Å². The summed E-state index contributed by atoms with van der Waals surface area (Å²) in [6.45, 7) is 7.07. The molecule has 18 heavy (non-hydrogen) atoms. The smallest absolute Gasteiger partial charge is 0.326 e. The van der Waals surface area contributed by atoms with Crippen LogP contribution in [0, 0.1) is 6.92 Å². The van der Waals surface area contributed by atoms with Crippen molar-refractivity contribution < 1.29 is 14.6 Å². The van der Waals surface area contributed by atoms with E-state index in [9.17, 15) is 9.90 Å². The Morgan fingerprint density at radius 3 is 2.61 bits per heavy atom. The summed E-state index contributed by atoms with van der Waals surface area (Å²) in [6, 6.07) is 0.632. The maximum absolute atomic E-state index is 11.8. The third-order valence-corrected chi connectivity index (χ3v) is 2.42. The second kappa shape index (κ2) is 5.46. The predicted octanol–water partition coefficient (Wildman–Crippen LogP) is 1.09. The van der Waals surface area contributed by atoms with Crippen molar-refractivity contribution >= 4 is 5.97 Å². The summed E-state index contributed by atoms with van der Waals surface area (Å²) in [5.74, 6) is -0.627. The van der Waals surface area contributed by atoms with E-state index in [4.69, 9.17) is 10.5 Å². The molecule has 0 aliphatic heterocycles. The van der Waals surface area contributed by atoms with Crippen molar-refractivity contribution in [3.05, 3.63) is 29.6 Å². The van der Waals surface area contributed by atoms with Crippen molar-refractivity contribution in [3.63, 3.8) is 0 Å². The molecule has 0 aliphatic carbocycles. The van der Waals surface area contributed by atoms with Crippen LogP contribution in [0.15, 0.2) is 18.5 Å². The number of esters is 1. The Morgan fingerprint density at radius 1 is 1.50 bits per heavy atom. The number of pyridine rings is 1. The zero-order valence-electron chi connectivity index (χ0n) is 11.2. The number of hydrogen-bond donors (Lipinski definition) is 2. The molecule has 0 aliphatic rings. The van der Waals surface area contributed by atoms with Gasteiger partial charge in [-0.25, -0.2) is 0 Å². The molecule has 0 amide bonds. The molecule has 100 valence electrons. The van der Waals surface area contributed by atoms with Crippen LogP contribution in [0.4, 0.5) is 0 Å². The molecular weight excluding hydrogens is 232 g/mol. The molecule has 0 saturated heterocycles. The molecule has 5 heteroatoms. The van der Waals surface area contributed by atoms with Crippen molar-refractivity contribution in [2.24, 2.45) is 5.73 Å². The van der Waals surface area contributed by atoms with Crippen LogP contribution in [0.1, 0.15) is 38.0 Å². The van der Waals surface area contributed by atoms with Gasteiger partial charge in [-0.2, -0.15) is 0 Å². The highest BCUT2D eigenvalue weighted by Crippen LogP contribution is 2.20. The summed E-state index contributed by atoms with van der Waals surface area (Å²) in [5, 5.41) is 10.1. The second-order valence-electron chi connectivity index (χ2n) is 5.24. The van der Waals surface area contributed by atoms with Crippen LogP contribution in [0.25, 0.3) is 0 Å². The maximum atomic E-state index is 11.8. The molecule has 3 N–H and O–H groups in total. The molecule has 1 aromatic rings. The Morgan fingerprint density at radius 2 is 2.11 bits per heavy atom. The average molecular weight is 252 g/mol. The molecule has 0 radical (unpaired) electrons. The number of aromatic nitrogens is 1. The lowest BCUT2D eigenvalue weighted by atomic mass is 10.0. The van der Waals surface area contributed by atoms with Crippen molar-refractivity contribution in [3.8, 4) is 0 Å². The average Bonchev–Trinajstić information content (AvgIpc) is 2.25. The zero-order valence-corrected chi connectivity index (χ0v) is 11.2. The van der Waals surface area contributed by atoms with Crippen LogP contribution in [0.3, 0.4) is 0 Å². The minimum atomic E-state index is -1.12. The lowest BCUT2D eigenvalue weighted by Gasteiger charge is -2.25. The number of aryl methyl sites for hydroxylation is 1. The van der Waals surface area contributed by atoms with Gasteiger partial charge in [0.1, 0.15) is 17.7 Å². The first kappa shape index (κ1) is 14.6. The fourth-order valence-corrected chi connectivity index (χ4v) is 1.48. The summed E-state index contributed by atoms with van der Waals surface area (Å²) < 4.78 is 5.14. The van der Waals surface area contributed by atoms with E-state index in [0.29, 0.717) is 5.56 Å². The summed E-state index contributed by atoms with van der Waals surface area (Å²) in [6.07, 6.45) is 2.00. The first-order valence-corrected chi connectivity index (χ1v) is 5.79. The van der Waals surface area contributed by atoms with Gasteiger partial charge in [-0.15, -0.1) is 0 Å². The van der Waals surface area contributed by atoms with E-state index in [1.165, 1.54) is 6.20 Å². The fraction of sp³-hybridized carbons (Fsp3) is 0.538. The summed E-state index contributed by atoms with van der Waals surface area (Å²) in [7, 11) is 0. The number of aliphatic hydroxyl groups excluding tert-OH is 1. The molecule has 1 aromatic heterocycles. The first-order chi connectivity index (χ1) is 8.22. The molecule has 2 atom stereocenters. The van der Waals surface area contributed by atoms with Crippen LogP contribution < -0.4 is 5.73 Å². The lowest BCUT2D eigenvalue weighted by Crippen LogP contribution is -2.41. The van der Waals surface area contributed by atoms with Crippen LogP contribution >= 0.6 is 0 Å². The number of nitrogens with two attached hydrogens (primary N) is 1. The number of nitrogens with zero attached hydrogens (tertiary/aromatic N) is 1. The van der Waals surface area contributed by atoms with E-state index in [-0.39, 0.29) is 0 Å². The summed E-state index contributed by atoms with van der Waals surface area (Å²) in [4.78, 5) is 15.7. The number of ether oxygens (including phenoxy) is 1. The van der Waals surface area contributed by atoms with Gasteiger partial charge in [0.25, 0.3) is 0 Å². The largest absolute Gasteiger partial charge is 0.459 e. The number of rotatable bonds is 3. The molecule has 0 saturated carbocycles. The molecule has 0 bridgehead atoms. The Balaban J connectivity index is 2.82. The van der Waals surface area contributed by atoms with Crippen LogP contribution in [0.5, 0.6) is 0 Å². The molecule has 0 unspecified atom stereocenters. The normalized spacial score (nSPS) is 15.0. The van der Waals surface area contributed by atoms with Gasteiger partial charge < -0.3 is 15.6 Å². The Bertz CT molecular complexity index is 426. The van der Waals surface area contributed by atoms with Gasteiger partial charge in [-0.3, -0.25) is 9.78 Å². The fourth-order valence-electron chi connectivity index (χ4n) is 1.48. The van der Waals surface area contributed by atoms with Crippen molar-refractivity contribution in [1.82, 2.24) is 4.98 Å². The summed E-state index contributed by atoms with van der Waals surface area (Å²) >= 11 is 0. The number of aliphatic hydroxyl groups is 1. The molecule has 1 rings (SSSR count). The minimum Gasteiger partial charge on any atom is -0.459 e. The Labute approximate surface area is 107 Å². The van der Waals surface area contributed by atoms with E-state index in [1.54, 1.807) is 33.0 Å². The Hall–Kier alpha value is -1.46. The SMILES string of the molecule is Cc1ccncc1[C@@H](O)[C@@H](N)C(=O)OC(C)(C)C. The number of carbonyl (C=O) groups excluding carboxylic acids is 1. The molecule has 0 fully saturated rings. The molecule has 1 heterocycles. The van der Waals surface area contributed by atoms with Crippen LogP contribution in [-0.4, -0.2) is 27.7 Å².